The van der Waals surface area contributed by atoms with E-state index < -0.39 is 11.6 Å². The minimum absolute atomic E-state index is 0.0890. The molecule has 2 heterocycles. The monoisotopic (exact) mass is 418 g/mol. The summed E-state index contributed by atoms with van der Waals surface area (Å²) in [7, 11) is 0. The number of fused-ring (bicyclic) bond motifs is 1. The molecule has 1 aromatic carbocycles. The van der Waals surface area contributed by atoms with Gasteiger partial charge in [-0.3, -0.25) is 9.20 Å². The summed E-state index contributed by atoms with van der Waals surface area (Å²) in [5.74, 6) is 0.145. The lowest BCUT2D eigenvalue weighted by molar-refractivity contribution is 0.100. The highest BCUT2D eigenvalue weighted by Gasteiger charge is 2.25. The zero-order chi connectivity index (χ0) is 21.5. The summed E-state index contributed by atoms with van der Waals surface area (Å²) in [4.78, 5) is 20.9. The number of hydrogen-bond acceptors (Lipinski definition) is 5. The van der Waals surface area contributed by atoms with Crippen molar-refractivity contribution in [2.45, 2.75) is 53.1 Å². The third-order valence-electron chi connectivity index (χ3n) is 4.71. The van der Waals surface area contributed by atoms with Crippen molar-refractivity contribution in [1.82, 2.24) is 14.4 Å². The molecule has 0 radical (unpaired) electrons. The number of imidazole rings is 1. The number of halogens is 2. The number of hydrogen-bond donors (Lipinski definition) is 1. The summed E-state index contributed by atoms with van der Waals surface area (Å²) < 4.78 is 22.3. The number of benzene rings is 1. The standard InChI is InChI=1S/C21H24ClFN4O2/c1-10(2)29-19-14(9-15(22)17(23)16(19)13(5)28)8-11(3)21-26-12(4)18-20(24)25-6-7-27(18)21/h6-7,9-11H,8H2,1-5H3,(H2,24,25)/t11-/m0/s1. The van der Waals surface area contributed by atoms with Crippen molar-refractivity contribution in [2.75, 3.05) is 5.73 Å². The summed E-state index contributed by atoms with van der Waals surface area (Å²) in [5.41, 5.74) is 8.07. The molecule has 0 unspecified atom stereocenters. The molecule has 3 aromatic rings. The van der Waals surface area contributed by atoms with Crippen molar-refractivity contribution >= 4 is 28.7 Å². The topological polar surface area (TPSA) is 82.5 Å². The van der Waals surface area contributed by atoms with Crippen molar-refractivity contribution in [1.29, 1.82) is 0 Å². The lowest BCUT2D eigenvalue weighted by Crippen LogP contribution is -2.15. The lowest BCUT2D eigenvalue weighted by atomic mass is 9.96. The number of nitrogen functional groups attached to an aromatic ring is 1. The molecule has 2 N–H and O–H groups in total. The number of aryl methyl sites for hydroxylation is 1. The highest BCUT2D eigenvalue weighted by molar-refractivity contribution is 6.31. The Labute approximate surface area is 173 Å². The number of rotatable bonds is 6. The first kappa shape index (κ1) is 21.0. The summed E-state index contributed by atoms with van der Waals surface area (Å²) >= 11 is 6.09. The molecule has 0 spiro atoms. The Morgan fingerprint density at radius 1 is 1.38 bits per heavy atom. The van der Waals surface area contributed by atoms with Crippen LogP contribution in [0.4, 0.5) is 10.2 Å². The van der Waals surface area contributed by atoms with Crippen LogP contribution in [0.1, 0.15) is 61.1 Å². The minimum Gasteiger partial charge on any atom is -0.490 e. The first-order valence-electron chi connectivity index (χ1n) is 9.39. The van der Waals surface area contributed by atoms with E-state index in [1.807, 2.05) is 38.3 Å². The van der Waals surface area contributed by atoms with Gasteiger partial charge < -0.3 is 10.5 Å². The van der Waals surface area contributed by atoms with E-state index in [9.17, 15) is 9.18 Å². The summed E-state index contributed by atoms with van der Waals surface area (Å²) in [6, 6.07) is 1.52. The highest BCUT2D eigenvalue weighted by Crippen LogP contribution is 2.36. The second-order valence-electron chi connectivity index (χ2n) is 7.45. The van der Waals surface area contributed by atoms with Gasteiger partial charge in [-0.15, -0.1) is 0 Å². The van der Waals surface area contributed by atoms with Gasteiger partial charge in [0.2, 0.25) is 0 Å². The fourth-order valence-electron chi connectivity index (χ4n) is 3.54. The number of ketones is 1. The van der Waals surface area contributed by atoms with Crippen LogP contribution in [0, 0.1) is 12.7 Å². The zero-order valence-electron chi connectivity index (χ0n) is 17.1. The Morgan fingerprint density at radius 3 is 2.69 bits per heavy atom. The maximum Gasteiger partial charge on any atom is 0.166 e. The molecule has 1 atom stereocenters. The molecule has 154 valence electrons. The zero-order valence-corrected chi connectivity index (χ0v) is 17.8. The van der Waals surface area contributed by atoms with Gasteiger partial charge in [0, 0.05) is 18.3 Å². The summed E-state index contributed by atoms with van der Waals surface area (Å²) in [6.45, 7) is 8.82. The largest absolute Gasteiger partial charge is 0.490 e. The van der Waals surface area contributed by atoms with Crippen molar-refractivity contribution in [2.24, 2.45) is 0 Å². The molecule has 0 amide bonds. The second kappa shape index (κ2) is 7.99. The van der Waals surface area contributed by atoms with Crippen molar-refractivity contribution in [3.63, 3.8) is 0 Å². The molecular formula is C21H24ClFN4O2. The van der Waals surface area contributed by atoms with E-state index in [0.29, 0.717) is 17.8 Å². The van der Waals surface area contributed by atoms with E-state index in [1.54, 1.807) is 6.20 Å². The fraction of sp³-hybridized carbons (Fsp3) is 0.381. The van der Waals surface area contributed by atoms with Gasteiger partial charge in [0.05, 0.1) is 22.4 Å². The molecule has 0 fully saturated rings. The Hall–Kier alpha value is -2.67. The summed E-state index contributed by atoms with van der Waals surface area (Å²) in [6.07, 6.45) is 3.64. The van der Waals surface area contributed by atoms with Crippen molar-refractivity contribution in [3.05, 3.63) is 51.9 Å². The number of nitrogens with zero attached hydrogens (tertiary/aromatic N) is 3. The molecule has 6 nitrogen and oxygen atoms in total. The number of nitrogens with two attached hydrogens (primary N) is 1. The second-order valence-corrected chi connectivity index (χ2v) is 7.86. The van der Waals surface area contributed by atoms with Gasteiger partial charge in [-0.1, -0.05) is 18.5 Å². The SMILES string of the molecule is CC(=O)c1c(F)c(Cl)cc(C[C@H](C)c2nc(C)c3c(N)nccn23)c1OC(C)C. The Kier molecular flexibility index (Phi) is 5.80. The average molecular weight is 419 g/mol. The number of anilines is 1. The predicted octanol–water partition coefficient (Wildman–Crippen LogP) is 4.75. The first-order chi connectivity index (χ1) is 13.6. The number of carbonyl (C=O) groups excluding carboxylic acids is 1. The van der Waals surface area contributed by atoms with Gasteiger partial charge in [-0.25, -0.2) is 14.4 Å². The number of Topliss-reactive ketones (excluding diaryl/α,β-unsaturated/α-hetero) is 1. The molecule has 0 aliphatic rings. The van der Waals surface area contributed by atoms with Crippen LogP contribution in [0.3, 0.4) is 0 Å². The molecule has 0 aliphatic carbocycles. The normalized spacial score (nSPS) is 12.6. The maximum atomic E-state index is 14.6. The van der Waals surface area contributed by atoms with E-state index >= 15 is 0 Å². The van der Waals surface area contributed by atoms with Crippen LogP contribution in [-0.4, -0.2) is 26.3 Å². The van der Waals surface area contributed by atoms with Crippen LogP contribution >= 0.6 is 11.6 Å². The smallest absolute Gasteiger partial charge is 0.166 e. The van der Waals surface area contributed by atoms with Crippen LogP contribution in [0.25, 0.3) is 5.52 Å². The van der Waals surface area contributed by atoms with Crippen LogP contribution in [0.15, 0.2) is 18.5 Å². The van der Waals surface area contributed by atoms with E-state index in [4.69, 9.17) is 22.1 Å². The van der Waals surface area contributed by atoms with Crippen molar-refractivity contribution in [3.8, 4) is 5.75 Å². The molecule has 0 aliphatic heterocycles. The molecule has 0 saturated heterocycles. The third kappa shape index (κ3) is 3.92. The number of ether oxygens (including phenoxy) is 1. The van der Waals surface area contributed by atoms with Gasteiger partial charge in [0.25, 0.3) is 0 Å². The number of aromatic nitrogens is 3. The number of carbonyl (C=O) groups is 1. The molecule has 3 rings (SSSR count). The van der Waals surface area contributed by atoms with Gasteiger partial charge in [-0.05, 0) is 45.7 Å². The Balaban J connectivity index is 2.10. The molecule has 29 heavy (non-hydrogen) atoms. The van der Waals surface area contributed by atoms with Gasteiger partial charge in [0.15, 0.2) is 11.6 Å². The van der Waals surface area contributed by atoms with Crippen molar-refractivity contribution < 1.29 is 13.9 Å². The van der Waals surface area contributed by atoms with E-state index in [0.717, 1.165) is 17.0 Å². The lowest BCUT2D eigenvalue weighted by Gasteiger charge is -2.20. The van der Waals surface area contributed by atoms with E-state index in [1.165, 1.54) is 13.0 Å². The Bertz CT molecular complexity index is 1090. The highest BCUT2D eigenvalue weighted by atomic mass is 35.5. The molecule has 8 heteroatoms. The van der Waals surface area contributed by atoms with Gasteiger partial charge >= 0.3 is 0 Å². The van der Waals surface area contributed by atoms with Crippen LogP contribution < -0.4 is 10.5 Å². The van der Waals surface area contributed by atoms with E-state index in [2.05, 4.69) is 9.97 Å². The van der Waals surface area contributed by atoms with Crippen LogP contribution in [0.2, 0.25) is 5.02 Å². The minimum atomic E-state index is -0.757. The average Bonchev–Trinajstić information content (AvgIpc) is 2.97. The quantitative estimate of drug-likeness (QED) is 0.584. The first-order valence-corrected chi connectivity index (χ1v) is 9.77. The Morgan fingerprint density at radius 2 is 2.07 bits per heavy atom. The van der Waals surface area contributed by atoms with Gasteiger partial charge in [0.1, 0.15) is 22.9 Å². The maximum absolute atomic E-state index is 14.6. The molecule has 0 saturated carbocycles. The van der Waals surface area contributed by atoms with E-state index in [-0.39, 0.29) is 28.4 Å². The van der Waals surface area contributed by atoms with Crippen LogP contribution in [-0.2, 0) is 6.42 Å². The predicted molar refractivity (Wildman–Crippen MR) is 111 cm³/mol. The fourth-order valence-corrected chi connectivity index (χ4v) is 3.76. The summed E-state index contributed by atoms with van der Waals surface area (Å²) in [5, 5.41) is -0.105. The third-order valence-corrected chi connectivity index (χ3v) is 4.98. The molecular weight excluding hydrogens is 395 g/mol. The molecule has 0 bridgehead atoms. The van der Waals surface area contributed by atoms with Gasteiger partial charge in [-0.2, -0.15) is 0 Å². The molecule has 2 aromatic heterocycles. The van der Waals surface area contributed by atoms with Crippen LogP contribution in [0.5, 0.6) is 5.75 Å².